The molecule has 3 aliphatic rings. The normalized spacial score (nSPS) is 19.6. The second-order valence-corrected chi connectivity index (χ2v) is 11.8. The molecule has 40 heavy (non-hydrogen) atoms. The van der Waals surface area contributed by atoms with Crippen molar-refractivity contribution in [1.29, 1.82) is 0 Å². The lowest BCUT2D eigenvalue weighted by Gasteiger charge is -2.35. The fourth-order valence-corrected chi connectivity index (χ4v) is 7.07. The zero-order valence-electron chi connectivity index (χ0n) is 23.0. The molecule has 0 radical (unpaired) electrons. The van der Waals surface area contributed by atoms with Gasteiger partial charge in [0.25, 0.3) is 5.91 Å². The predicted octanol–water partition coefficient (Wildman–Crippen LogP) is 5.26. The van der Waals surface area contributed by atoms with Crippen molar-refractivity contribution in [2.24, 2.45) is 0 Å². The number of Topliss-reactive ketones (excluding diaryl/α,β-unsaturated/α-hetero) is 1. The fourth-order valence-electron chi connectivity index (χ4n) is 6.26. The first-order valence-electron chi connectivity index (χ1n) is 14.4. The molecule has 1 aliphatic heterocycles. The second-order valence-electron chi connectivity index (χ2n) is 11.1. The van der Waals surface area contributed by atoms with Crippen LogP contribution < -0.4 is 14.4 Å². The first kappa shape index (κ1) is 26.7. The largest absolute Gasteiger partial charge is 0.493 e. The van der Waals surface area contributed by atoms with Crippen LogP contribution in [0.4, 0.5) is 5.13 Å². The molecule has 0 N–H and O–H groups in total. The average molecular weight is 561 g/mol. The number of nitrogens with zero attached hydrogens (tertiary/aromatic N) is 4. The highest BCUT2D eigenvalue weighted by Gasteiger charge is 2.41. The Hall–Kier alpha value is -3.46. The lowest BCUT2D eigenvalue weighted by atomic mass is 9.68. The third-order valence-electron chi connectivity index (χ3n) is 8.67. The molecule has 8 nitrogen and oxygen atoms in total. The monoisotopic (exact) mass is 560 g/mol. The summed E-state index contributed by atoms with van der Waals surface area (Å²) in [5.41, 5.74) is 1.48. The molecule has 0 unspecified atom stereocenters. The standard InChI is InChI=1S/C31H36N4O4S/c1-38-26-12-11-22(21-27(26)39-25-9-5-6-10-25)28(37)34-17-19-35(20-18-34)30-32-29(33-40-30)31(15-13-24(36)14-16-31)23-7-3-2-4-8-23/h2-4,7-8,11-12,21,25H,5-6,9-10,13-20H2,1H3. The van der Waals surface area contributed by atoms with Crippen LogP contribution in [0.5, 0.6) is 11.5 Å². The van der Waals surface area contributed by atoms with Gasteiger partial charge in [-0.1, -0.05) is 30.3 Å². The lowest BCUT2D eigenvalue weighted by Crippen LogP contribution is -2.48. The molecule has 2 heterocycles. The van der Waals surface area contributed by atoms with Crippen molar-refractivity contribution in [2.75, 3.05) is 38.2 Å². The van der Waals surface area contributed by atoms with Crippen LogP contribution in [0.2, 0.25) is 0 Å². The summed E-state index contributed by atoms with van der Waals surface area (Å²) in [7, 11) is 1.63. The fraction of sp³-hybridized carbons (Fsp3) is 0.484. The van der Waals surface area contributed by atoms with Crippen LogP contribution in [0, 0.1) is 0 Å². The number of carbonyl (C=O) groups is 2. The number of amides is 1. The SMILES string of the molecule is COc1ccc(C(=O)N2CCN(c3nc(C4(c5ccccc5)CCC(=O)CC4)ns3)CC2)cc1OC1CCCC1. The zero-order valence-corrected chi connectivity index (χ0v) is 23.8. The number of ether oxygens (including phenoxy) is 2. The number of aromatic nitrogens is 2. The molecule has 2 aromatic carbocycles. The Balaban J connectivity index is 1.13. The van der Waals surface area contributed by atoms with Gasteiger partial charge in [0.15, 0.2) is 17.3 Å². The smallest absolute Gasteiger partial charge is 0.254 e. The van der Waals surface area contributed by atoms with Gasteiger partial charge in [0.2, 0.25) is 5.13 Å². The first-order valence-corrected chi connectivity index (χ1v) is 15.1. The van der Waals surface area contributed by atoms with Gasteiger partial charge in [0.05, 0.1) is 18.6 Å². The molecule has 6 rings (SSSR count). The van der Waals surface area contributed by atoms with Crippen LogP contribution in [-0.4, -0.2) is 65.3 Å². The molecule has 1 aromatic heterocycles. The van der Waals surface area contributed by atoms with Gasteiger partial charge < -0.3 is 19.3 Å². The van der Waals surface area contributed by atoms with Crippen molar-refractivity contribution >= 4 is 28.4 Å². The summed E-state index contributed by atoms with van der Waals surface area (Å²) in [6.45, 7) is 2.60. The molecule has 210 valence electrons. The van der Waals surface area contributed by atoms with Crippen molar-refractivity contribution in [3.8, 4) is 11.5 Å². The van der Waals surface area contributed by atoms with E-state index in [1.54, 1.807) is 7.11 Å². The van der Waals surface area contributed by atoms with Crippen LogP contribution in [0.3, 0.4) is 0 Å². The molecule has 9 heteroatoms. The summed E-state index contributed by atoms with van der Waals surface area (Å²) < 4.78 is 16.5. The van der Waals surface area contributed by atoms with Gasteiger partial charge in [-0.3, -0.25) is 9.59 Å². The third kappa shape index (κ3) is 5.31. The summed E-state index contributed by atoms with van der Waals surface area (Å²) >= 11 is 1.42. The number of benzene rings is 2. The summed E-state index contributed by atoms with van der Waals surface area (Å²) in [6.07, 6.45) is 7.23. The molecular formula is C31H36N4O4S. The molecule has 2 saturated carbocycles. The molecule has 0 atom stereocenters. The van der Waals surface area contributed by atoms with Crippen molar-refractivity contribution < 1.29 is 19.1 Å². The Morgan fingerprint density at radius 1 is 0.975 bits per heavy atom. The number of piperazine rings is 1. The molecule has 3 fully saturated rings. The highest BCUT2D eigenvalue weighted by Crippen LogP contribution is 2.44. The topological polar surface area (TPSA) is 84.9 Å². The Kier molecular flexibility index (Phi) is 7.74. The zero-order chi connectivity index (χ0) is 27.5. The number of methoxy groups -OCH3 is 1. The molecule has 0 bridgehead atoms. The van der Waals surface area contributed by atoms with E-state index in [0.29, 0.717) is 61.9 Å². The van der Waals surface area contributed by atoms with Crippen molar-refractivity contribution in [3.05, 3.63) is 65.5 Å². The first-order chi connectivity index (χ1) is 19.6. The van der Waals surface area contributed by atoms with E-state index >= 15 is 0 Å². The van der Waals surface area contributed by atoms with Gasteiger partial charge in [0, 0.05) is 56.1 Å². The number of ketones is 1. The maximum absolute atomic E-state index is 13.4. The van der Waals surface area contributed by atoms with E-state index < -0.39 is 0 Å². The van der Waals surface area contributed by atoms with Crippen LogP contribution in [0.1, 0.15) is 73.1 Å². The van der Waals surface area contributed by atoms with E-state index in [1.807, 2.05) is 41.3 Å². The van der Waals surface area contributed by atoms with Gasteiger partial charge in [-0.2, -0.15) is 4.37 Å². The van der Waals surface area contributed by atoms with E-state index in [0.717, 1.165) is 36.6 Å². The predicted molar refractivity (Wildman–Crippen MR) is 155 cm³/mol. The molecular weight excluding hydrogens is 524 g/mol. The van der Waals surface area contributed by atoms with E-state index in [9.17, 15) is 9.59 Å². The van der Waals surface area contributed by atoms with E-state index in [-0.39, 0.29) is 17.4 Å². The quantitative estimate of drug-likeness (QED) is 0.390. The molecule has 0 spiro atoms. The summed E-state index contributed by atoms with van der Waals surface area (Å²) in [6, 6.07) is 15.9. The highest BCUT2D eigenvalue weighted by molar-refractivity contribution is 7.09. The maximum Gasteiger partial charge on any atom is 0.254 e. The van der Waals surface area contributed by atoms with Gasteiger partial charge in [0.1, 0.15) is 5.78 Å². The molecule has 1 saturated heterocycles. The number of carbonyl (C=O) groups excluding carboxylic acids is 2. The van der Waals surface area contributed by atoms with Crippen LogP contribution >= 0.6 is 11.5 Å². The van der Waals surface area contributed by atoms with E-state index in [4.69, 9.17) is 18.8 Å². The Bertz CT molecular complexity index is 1340. The minimum absolute atomic E-state index is 0.00595. The molecule has 3 aromatic rings. The number of hydrogen-bond donors (Lipinski definition) is 0. The Morgan fingerprint density at radius 2 is 1.70 bits per heavy atom. The minimum Gasteiger partial charge on any atom is -0.493 e. The second kappa shape index (κ2) is 11.6. The third-order valence-corrected chi connectivity index (χ3v) is 9.45. The minimum atomic E-state index is -0.325. The Morgan fingerprint density at radius 3 is 2.40 bits per heavy atom. The summed E-state index contributed by atoms with van der Waals surface area (Å²) in [5, 5.41) is 0.881. The molecule has 1 amide bonds. The average Bonchev–Trinajstić information content (AvgIpc) is 3.71. The number of hydrogen-bond acceptors (Lipinski definition) is 8. The van der Waals surface area contributed by atoms with Gasteiger partial charge >= 0.3 is 0 Å². The van der Waals surface area contributed by atoms with Crippen molar-refractivity contribution in [2.45, 2.75) is 62.9 Å². The van der Waals surface area contributed by atoms with E-state index in [2.05, 4.69) is 17.0 Å². The van der Waals surface area contributed by atoms with Gasteiger partial charge in [-0.05, 0) is 62.3 Å². The van der Waals surface area contributed by atoms with Gasteiger partial charge in [-0.25, -0.2) is 4.98 Å². The van der Waals surface area contributed by atoms with Crippen molar-refractivity contribution in [1.82, 2.24) is 14.3 Å². The maximum atomic E-state index is 13.4. The highest BCUT2D eigenvalue weighted by atomic mass is 32.1. The number of rotatable bonds is 7. The van der Waals surface area contributed by atoms with Crippen LogP contribution in [0.25, 0.3) is 0 Å². The van der Waals surface area contributed by atoms with E-state index in [1.165, 1.54) is 29.9 Å². The Labute approximate surface area is 239 Å². The molecule has 2 aliphatic carbocycles. The van der Waals surface area contributed by atoms with Crippen molar-refractivity contribution in [3.63, 3.8) is 0 Å². The van der Waals surface area contributed by atoms with Crippen LogP contribution in [-0.2, 0) is 10.2 Å². The van der Waals surface area contributed by atoms with Gasteiger partial charge in [-0.15, -0.1) is 0 Å². The summed E-state index contributed by atoms with van der Waals surface area (Å²) in [5.74, 6) is 2.45. The van der Waals surface area contributed by atoms with Crippen LogP contribution in [0.15, 0.2) is 48.5 Å². The lowest BCUT2D eigenvalue weighted by molar-refractivity contribution is -0.121. The number of anilines is 1. The summed E-state index contributed by atoms with van der Waals surface area (Å²) in [4.78, 5) is 34.7.